The van der Waals surface area contributed by atoms with Crippen LogP contribution in [0.5, 0.6) is 0 Å². The quantitative estimate of drug-likeness (QED) is 0.847. The van der Waals surface area contributed by atoms with Gasteiger partial charge in [0.05, 0.1) is 12.6 Å². The van der Waals surface area contributed by atoms with Crippen molar-refractivity contribution >= 4 is 6.09 Å². The van der Waals surface area contributed by atoms with Gasteiger partial charge in [0.1, 0.15) is 12.2 Å². The molecule has 2 fully saturated rings. The lowest BCUT2D eigenvalue weighted by molar-refractivity contribution is 0.0830. The fourth-order valence-corrected chi connectivity index (χ4v) is 2.90. The molecular weight excluding hydrogens is 256 g/mol. The molecule has 1 amide bonds. The van der Waals surface area contributed by atoms with Crippen molar-refractivity contribution in [1.29, 1.82) is 0 Å². The maximum Gasteiger partial charge on any atom is 0.410 e. The minimum atomic E-state index is -0.265. The van der Waals surface area contributed by atoms with Gasteiger partial charge in [-0.25, -0.2) is 4.79 Å². The molecule has 2 saturated heterocycles. The number of epoxide rings is 1. The van der Waals surface area contributed by atoms with Crippen LogP contribution in [-0.4, -0.2) is 42.3 Å². The lowest BCUT2D eigenvalue weighted by Gasteiger charge is -2.28. The van der Waals surface area contributed by atoms with Crippen LogP contribution in [0.25, 0.3) is 0 Å². The number of rotatable bonds is 4. The van der Waals surface area contributed by atoms with E-state index in [4.69, 9.17) is 15.2 Å². The van der Waals surface area contributed by atoms with E-state index in [-0.39, 0.29) is 17.8 Å². The van der Waals surface area contributed by atoms with Crippen molar-refractivity contribution in [2.75, 3.05) is 19.6 Å². The van der Waals surface area contributed by atoms with Crippen LogP contribution in [0.3, 0.4) is 0 Å². The van der Waals surface area contributed by atoms with Gasteiger partial charge in [0.2, 0.25) is 0 Å². The van der Waals surface area contributed by atoms with E-state index in [9.17, 15) is 4.79 Å². The van der Waals surface area contributed by atoms with Crippen molar-refractivity contribution in [1.82, 2.24) is 4.90 Å². The third-order valence-corrected chi connectivity index (χ3v) is 4.06. The highest BCUT2D eigenvalue weighted by Crippen LogP contribution is 2.45. The molecule has 0 spiro atoms. The van der Waals surface area contributed by atoms with Crippen LogP contribution in [0.1, 0.15) is 18.4 Å². The monoisotopic (exact) mass is 276 g/mol. The van der Waals surface area contributed by atoms with Gasteiger partial charge in [0, 0.05) is 6.54 Å². The maximum absolute atomic E-state index is 12.1. The molecule has 2 heterocycles. The van der Waals surface area contributed by atoms with E-state index in [1.807, 2.05) is 30.3 Å². The highest BCUT2D eigenvalue weighted by Gasteiger charge is 2.59. The van der Waals surface area contributed by atoms with Crippen LogP contribution < -0.4 is 5.73 Å². The van der Waals surface area contributed by atoms with Crippen molar-refractivity contribution in [3.05, 3.63) is 35.9 Å². The summed E-state index contributed by atoms with van der Waals surface area (Å²) in [6.07, 6.45) is 1.70. The Kier molecular flexibility index (Phi) is 3.63. The lowest BCUT2D eigenvalue weighted by Crippen LogP contribution is -2.45. The highest BCUT2D eigenvalue weighted by atomic mass is 16.6. The second-order valence-electron chi connectivity index (χ2n) is 5.46. The van der Waals surface area contributed by atoms with Gasteiger partial charge in [-0.2, -0.15) is 0 Å². The number of carbonyl (C=O) groups excluding carboxylic acids is 1. The van der Waals surface area contributed by atoms with E-state index >= 15 is 0 Å². The predicted octanol–water partition coefficient (Wildman–Crippen LogP) is 1.52. The smallest absolute Gasteiger partial charge is 0.410 e. The van der Waals surface area contributed by atoms with Crippen LogP contribution in [-0.2, 0) is 16.1 Å². The largest absolute Gasteiger partial charge is 0.445 e. The number of likely N-dealkylation sites (tertiary alicyclic amines) is 1. The van der Waals surface area contributed by atoms with Gasteiger partial charge in [0.25, 0.3) is 0 Å². The average Bonchev–Trinajstić information content (AvgIpc) is 3.19. The number of carbonyl (C=O) groups is 1. The molecule has 0 radical (unpaired) electrons. The Bertz CT molecular complexity index is 479. The molecular formula is C15H20N2O3. The molecule has 3 rings (SSSR count). The Morgan fingerprint density at radius 2 is 2.25 bits per heavy atom. The number of amides is 1. The van der Waals surface area contributed by atoms with Gasteiger partial charge >= 0.3 is 6.09 Å². The standard InChI is InChI=1S/C15H20N2O3/c16-8-7-15-11-17(9-6-13(15)20-15)14(18)19-10-12-4-2-1-3-5-12/h1-5,13H,6-11,16H2/t13-,15+/m1/s1. The number of nitrogens with zero attached hydrogens (tertiary/aromatic N) is 1. The highest BCUT2D eigenvalue weighted by molar-refractivity contribution is 5.68. The van der Waals surface area contributed by atoms with Crippen molar-refractivity contribution in [3.8, 4) is 0 Å². The second kappa shape index (κ2) is 5.42. The molecule has 1 aromatic carbocycles. The average molecular weight is 276 g/mol. The Hall–Kier alpha value is -1.59. The number of piperidine rings is 1. The molecule has 108 valence electrons. The number of hydrogen-bond acceptors (Lipinski definition) is 4. The Labute approximate surface area is 118 Å². The van der Waals surface area contributed by atoms with Gasteiger partial charge in [-0.3, -0.25) is 0 Å². The molecule has 1 aromatic rings. The Balaban J connectivity index is 1.53. The van der Waals surface area contributed by atoms with Crippen LogP contribution in [0.15, 0.2) is 30.3 Å². The van der Waals surface area contributed by atoms with Crippen molar-refractivity contribution < 1.29 is 14.3 Å². The van der Waals surface area contributed by atoms with Crippen LogP contribution >= 0.6 is 0 Å². The Morgan fingerprint density at radius 1 is 1.45 bits per heavy atom. The molecule has 20 heavy (non-hydrogen) atoms. The van der Waals surface area contributed by atoms with Crippen LogP contribution in [0, 0.1) is 0 Å². The molecule has 0 bridgehead atoms. The topological polar surface area (TPSA) is 68.1 Å². The first-order chi connectivity index (χ1) is 9.73. The summed E-state index contributed by atoms with van der Waals surface area (Å²) in [4.78, 5) is 13.8. The molecule has 0 aromatic heterocycles. The molecule has 5 heteroatoms. The fraction of sp³-hybridized carbons (Fsp3) is 0.533. The number of benzene rings is 1. The molecule has 0 saturated carbocycles. The Morgan fingerprint density at radius 3 is 3.00 bits per heavy atom. The fourth-order valence-electron chi connectivity index (χ4n) is 2.90. The SMILES string of the molecule is NCC[C@]12CN(C(=O)OCc3ccccc3)CC[C@H]1O2. The molecule has 0 aliphatic carbocycles. The molecule has 5 nitrogen and oxygen atoms in total. The number of hydrogen-bond donors (Lipinski definition) is 1. The zero-order valence-electron chi connectivity index (χ0n) is 11.5. The third-order valence-electron chi connectivity index (χ3n) is 4.06. The summed E-state index contributed by atoms with van der Waals surface area (Å²) < 4.78 is 11.1. The van der Waals surface area contributed by atoms with E-state index < -0.39 is 0 Å². The molecule has 2 atom stereocenters. The second-order valence-corrected chi connectivity index (χ2v) is 5.46. The summed E-state index contributed by atoms with van der Waals surface area (Å²) >= 11 is 0. The normalized spacial score (nSPS) is 27.9. The summed E-state index contributed by atoms with van der Waals surface area (Å²) in [6.45, 7) is 2.20. The predicted molar refractivity (Wildman–Crippen MR) is 74.1 cm³/mol. The lowest BCUT2D eigenvalue weighted by atomic mass is 9.95. The van der Waals surface area contributed by atoms with E-state index in [0.717, 1.165) is 18.4 Å². The number of ether oxygens (including phenoxy) is 2. The summed E-state index contributed by atoms with van der Waals surface area (Å²) in [7, 11) is 0. The zero-order valence-corrected chi connectivity index (χ0v) is 11.5. The minimum absolute atomic E-state index is 0.196. The van der Waals surface area contributed by atoms with E-state index in [0.29, 0.717) is 26.2 Å². The van der Waals surface area contributed by atoms with Crippen LogP contribution in [0.2, 0.25) is 0 Å². The zero-order chi connectivity index (χ0) is 14.0. The summed E-state index contributed by atoms with van der Waals surface area (Å²) in [5, 5.41) is 0. The van der Waals surface area contributed by atoms with Gasteiger partial charge in [-0.1, -0.05) is 30.3 Å². The van der Waals surface area contributed by atoms with Gasteiger partial charge in [-0.15, -0.1) is 0 Å². The van der Waals surface area contributed by atoms with Gasteiger partial charge < -0.3 is 20.1 Å². The van der Waals surface area contributed by atoms with Crippen molar-refractivity contribution in [2.24, 2.45) is 5.73 Å². The van der Waals surface area contributed by atoms with Gasteiger partial charge in [-0.05, 0) is 24.9 Å². The van der Waals surface area contributed by atoms with E-state index in [1.54, 1.807) is 4.90 Å². The summed E-state index contributed by atoms with van der Waals surface area (Å²) in [5.41, 5.74) is 6.41. The first kappa shape index (κ1) is 13.4. The number of nitrogens with two attached hydrogens (primary N) is 1. The first-order valence-corrected chi connectivity index (χ1v) is 7.07. The van der Waals surface area contributed by atoms with Crippen LogP contribution in [0.4, 0.5) is 4.79 Å². The van der Waals surface area contributed by atoms with E-state index in [2.05, 4.69) is 0 Å². The van der Waals surface area contributed by atoms with Crippen molar-refractivity contribution in [3.63, 3.8) is 0 Å². The molecule has 0 unspecified atom stereocenters. The maximum atomic E-state index is 12.1. The number of fused-ring (bicyclic) bond motifs is 1. The minimum Gasteiger partial charge on any atom is -0.445 e. The van der Waals surface area contributed by atoms with E-state index in [1.165, 1.54) is 0 Å². The summed E-state index contributed by atoms with van der Waals surface area (Å²) in [5.74, 6) is 0. The van der Waals surface area contributed by atoms with Gasteiger partial charge in [0.15, 0.2) is 0 Å². The molecule has 2 aliphatic heterocycles. The third kappa shape index (κ3) is 2.64. The molecule has 2 aliphatic rings. The summed E-state index contributed by atoms with van der Waals surface area (Å²) in [6, 6.07) is 9.70. The molecule has 2 N–H and O–H groups in total. The van der Waals surface area contributed by atoms with Crippen molar-refractivity contribution in [2.45, 2.75) is 31.2 Å². The first-order valence-electron chi connectivity index (χ1n) is 7.07.